The molecule has 0 bridgehead atoms. The molecule has 0 saturated carbocycles. The van der Waals surface area contributed by atoms with Gasteiger partial charge in [0.2, 0.25) is 0 Å². The van der Waals surface area contributed by atoms with Crippen molar-refractivity contribution in [1.82, 2.24) is 0 Å². The van der Waals surface area contributed by atoms with Gasteiger partial charge < -0.3 is 11.5 Å². The molecule has 0 spiro atoms. The Morgan fingerprint density at radius 3 is 1.95 bits per heavy atom. The standard InChI is InChI=1S/2C9H10ClN/c1-6-3-4-9(11)8(5-6)7(2)10;1-6(2)8-5-7(10)3-4-9(8)11/h3-5H,2,11H2,1H3;3-5H,1,11H2,2H3. The first-order chi connectivity index (χ1) is 10.2. The number of halogens is 2. The fourth-order valence-electron chi connectivity index (χ4n) is 1.80. The highest BCUT2D eigenvalue weighted by atomic mass is 35.5. The van der Waals surface area contributed by atoms with Crippen LogP contribution < -0.4 is 11.5 Å². The summed E-state index contributed by atoms with van der Waals surface area (Å²) in [5, 5.41) is 1.18. The lowest BCUT2D eigenvalue weighted by molar-refractivity contribution is 1.46. The minimum atomic E-state index is 0.492. The molecule has 116 valence electrons. The Balaban J connectivity index is 0.000000220. The van der Waals surface area contributed by atoms with Crippen LogP contribution in [0.3, 0.4) is 0 Å². The van der Waals surface area contributed by atoms with Gasteiger partial charge in [0, 0.05) is 32.6 Å². The molecule has 22 heavy (non-hydrogen) atoms. The van der Waals surface area contributed by atoms with Crippen molar-refractivity contribution in [2.75, 3.05) is 11.5 Å². The van der Waals surface area contributed by atoms with E-state index in [-0.39, 0.29) is 0 Å². The second-order valence-electron chi connectivity index (χ2n) is 5.01. The van der Waals surface area contributed by atoms with Crippen LogP contribution in [0.1, 0.15) is 23.6 Å². The molecule has 0 amide bonds. The normalized spacial score (nSPS) is 9.64. The molecule has 2 aromatic carbocycles. The molecule has 0 aliphatic heterocycles. The lowest BCUT2D eigenvalue weighted by Crippen LogP contribution is -1.90. The van der Waals surface area contributed by atoms with Crippen LogP contribution in [0.5, 0.6) is 0 Å². The van der Waals surface area contributed by atoms with Gasteiger partial charge in [-0.1, -0.05) is 48.0 Å². The van der Waals surface area contributed by atoms with Crippen molar-refractivity contribution < 1.29 is 0 Å². The van der Waals surface area contributed by atoms with E-state index in [1.807, 2.05) is 38.1 Å². The van der Waals surface area contributed by atoms with E-state index in [1.54, 1.807) is 12.1 Å². The fourth-order valence-corrected chi connectivity index (χ4v) is 2.14. The van der Waals surface area contributed by atoms with Crippen LogP contribution >= 0.6 is 23.2 Å². The van der Waals surface area contributed by atoms with E-state index in [0.717, 1.165) is 28.0 Å². The van der Waals surface area contributed by atoms with Gasteiger partial charge in [0.1, 0.15) is 0 Å². The zero-order chi connectivity index (χ0) is 16.9. The van der Waals surface area contributed by atoms with Crippen molar-refractivity contribution in [3.05, 3.63) is 71.3 Å². The summed E-state index contributed by atoms with van der Waals surface area (Å²) < 4.78 is 0. The van der Waals surface area contributed by atoms with Crippen molar-refractivity contribution >= 4 is 45.2 Å². The number of nitrogens with two attached hydrogens (primary N) is 2. The van der Waals surface area contributed by atoms with Crippen LogP contribution in [0, 0.1) is 6.92 Å². The van der Waals surface area contributed by atoms with Crippen molar-refractivity contribution in [2.45, 2.75) is 13.8 Å². The molecule has 0 fully saturated rings. The van der Waals surface area contributed by atoms with Gasteiger partial charge in [0.15, 0.2) is 0 Å². The van der Waals surface area contributed by atoms with Crippen LogP contribution in [0.2, 0.25) is 5.02 Å². The van der Waals surface area contributed by atoms with Gasteiger partial charge in [-0.3, -0.25) is 0 Å². The van der Waals surface area contributed by atoms with Gasteiger partial charge in [0.25, 0.3) is 0 Å². The molecule has 0 radical (unpaired) electrons. The van der Waals surface area contributed by atoms with E-state index < -0.39 is 0 Å². The van der Waals surface area contributed by atoms with E-state index in [9.17, 15) is 0 Å². The molecule has 2 rings (SSSR count). The molecule has 4 heteroatoms. The third-order valence-corrected chi connectivity index (χ3v) is 3.41. The van der Waals surface area contributed by atoms with Gasteiger partial charge in [0.05, 0.1) is 0 Å². The number of rotatable bonds is 2. The number of hydrogen-bond donors (Lipinski definition) is 2. The quantitative estimate of drug-likeness (QED) is 0.687. The Kier molecular flexibility index (Phi) is 6.54. The highest BCUT2D eigenvalue weighted by Crippen LogP contribution is 2.24. The van der Waals surface area contributed by atoms with E-state index >= 15 is 0 Å². The van der Waals surface area contributed by atoms with Gasteiger partial charge in [-0.2, -0.15) is 0 Å². The summed E-state index contributed by atoms with van der Waals surface area (Å²) in [5.74, 6) is 0. The minimum absolute atomic E-state index is 0.492. The average molecular weight is 335 g/mol. The Morgan fingerprint density at radius 1 is 0.955 bits per heavy atom. The maximum absolute atomic E-state index is 5.76. The molecule has 0 atom stereocenters. The summed E-state index contributed by atoms with van der Waals surface area (Å²) in [5.41, 5.74) is 16.5. The SMILES string of the molecule is C=C(C)c1cc(Cl)ccc1N.C=C(Cl)c1cc(C)ccc1N. The van der Waals surface area contributed by atoms with Crippen LogP contribution in [-0.2, 0) is 0 Å². The maximum atomic E-state index is 5.76. The summed E-state index contributed by atoms with van der Waals surface area (Å²) in [6, 6.07) is 11.1. The zero-order valence-corrected chi connectivity index (χ0v) is 14.3. The van der Waals surface area contributed by atoms with E-state index in [0.29, 0.717) is 15.7 Å². The highest BCUT2D eigenvalue weighted by Gasteiger charge is 2.00. The predicted octanol–water partition coefficient (Wildman–Crippen LogP) is 5.74. The predicted molar refractivity (Wildman–Crippen MR) is 101 cm³/mol. The zero-order valence-electron chi connectivity index (χ0n) is 12.8. The summed E-state index contributed by atoms with van der Waals surface area (Å²) in [4.78, 5) is 0. The lowest BCUT2D eigenvalue weighted by Gasteiger charge is -2.03. The lowest BCUT2D eigenvalue weighted by atomic mass is 10.1. The second kappa shape index (κ2) is 7.92. The molecular weight excluding hydrogens is 315 g/mol. The molecule has 2 aromatic rings. The molecule has 2 nitrogen and oxygen atoms in total. The van der Waals surface area contributed by atoms with Crippen LogP contribution in [0.15, 0.2) is 49.6 Å². The van der Waals surface area contributed by atoms with E-state index in [4.69, 9.17) is 34.7 Å². The molecule has 0 aliphatic rings. The molecular formula is C18H20Cl2N2. The van der Waals surface area contributed by atoms with Crippen molar-refractivity contribution in [2.24, 2.45) is 0 Å². The second-order valence-corrected chi connectivity index (χ2v) is 5.90. The molecule has 0 aliphatic carbocycles. The Hall–Kier alpha value is -1.90. The van der Waals surface area contributed by atoms with Crippen molar-refractivity contribution in [3.8, 4) is 0 Å². The number of allylic oxidation sites excluding steroid dienone is 1. The number of benzene rings is 2. The van der Waals surface area contributed by atoms with Gasteiger partial charge in [-0.15, -0.1) is 0 Å². The third kappa shape index (κ3) is 5.14. The molecule has 0 heterocycles. The first-order valence-corrected chi connectivity index (χ1v) is 7.39. The number of aryl methyl sites for hydroxylation is 1. The Labute approximate surface area is 142 Å². The van der Waals surface area contributed by atoms with Crippen LogP contribution in [0.4, 0.5) is 11.4 Å². The number of hydrogen-bond acceptors (Lipinski definition) is 2. The molecule has 0 aromatic heterocycles. The van der Waals surface area contributed by atoms with Crippen LogP contribution in [-0.4, -0.2) is 0 Å². The first-order valence-electron chi connectivity index (χ1n) is 6.64. The number of nitrogen functional groups attached to an aromatic ring is 2. The molecule has 4 N–H and O–H groups in total. The fraction of sp³-hybridized carbons (Fsp3) is 0.111. The molecule has 0 unspecified atom stereocenters. The van der Waals surface area contributed by atoms with Crippen LogP contribution in [0.25, 0.3) is 10.6 Å². The topological polar surface area (TPSA) is 52.0 Å². The largest absolute Gasteiger partial charge is 0.398 e. The average Bonchev–Trinajstić information content (AvgIpc) is 2.44. The summed E-state index contributed by atoms with van der Waals surface area (Å²) in [7, 11) is 0. The number of anilines is 2. The summed E-state index contributed by atoms with van der Waals surface area (Å²) in [6.07, 6.45) is 0. The van der Waals surface area contributed by atoms with E-state index in [2.05, 4.69) is 13.2 Å². The first kappa shape index (κ1) is 18.1. The van der Waals surface area contributed by atoms with Crippen molar-refractivity contribution in [1.29, 1.82) is 0 Å². The Morgan fingerprint density at radius 2 is 1.50 bits per heavy atom. The van der Waals surface area contributed by atoms with Gasteiger partial charge in [-0.25, -0.2) is 0 Å². The third-order valence-electron chi connectivity index (χ3n) is 2.98. The summed E-state index contributed by atoms with van der Waals surface area (Å²) >= 11 is 11.5. The van der Waals surface area contributed by atoms with Crippen molar-refractivity contribution in [3.63, 3.8) is 0 Å². The molecule has 0 saturated heterocycles. The highest BCUT2D eigenvalue weighted by molar-refractivity contribution is 6.48. The van der Waals surface area contributed by atoms with Gasteiger partial charge >= 0.3 is 0 Å². The minimum Gasteiger partial charge on any atom is -0.398 e. The monoisotopic (exact) mass is 334 g/mol. The Bertz CT molecular complexity index is 645. The smallest absolute Gasteiger partial charge is 0.0427 e. The van der Waals surface area contributed by atoms with Gasteiger partial charge in [-0.05, 0) is 49.8 Å². The summed E-state index contributed by atoms with van der Waals surface area (Å²) in [6.45, 7) is 11.3. The van der Waals surface area contributed by atoms with E-state index in [1.165, 1.54) is 0 Å². The maximum Gasteiger partial charge on any atom is 0.0427 e.